The van der Waals surface area contributed by atoms with Gasteiger partial charge >= 0.3 is 0 Å². The lowest BCUT2D eigenvalue weighted by atomic mass is 10.1. The minimum atomic E-state index is 0.244. The van der Waals surface area contributed by atoms with Crippen molar-refractivity contribution in [2.24, 2.45) is 0 Å². The van der Waals surface area contributed by atoms with E-state index < -0.39 is 0 Å². The van der Waals surface area contributed by atoms with Crippen molar-refractivity contribution in [3.05, 3.63) is 41.3 Å². The largest absolute Gasteiger partial charge is 0.508 e. The number of nitrogen functional groups attached to an aromatic ring is 1. The van der Waals surface area contributed by atoms with Crippen LogP contribution in [-0.2, 0) is 0 Å². The third kappa shape index (κ3) is 3.23. The average molecular weight is 421 g/mol. The number of aromatic nitrogens is 4. The van der Waals surface area contributed by atoms with Gasteiger partial charge in [-0.25, -0.2) is 15.0 Å². The number of aliphatic hydroxyl groups excluding tert-OH is 1. The molecule has 0 radical (unpaired) electrons. The highest BCUT2D eigenvalue weighted by atomic mass is 16.3. The predicted octanol–water partition coefficient (Wildman–Crippen LogP) is 3.39. The Labute approximate surface area is 181 Å². The number of nitrogens with zero attached hydrogens (tertiary/aromatic N) is 5. The molecule has 0 spiro atoms. The number of aryl methyl sites for hydroxylation is 2. The van der Waals surface area contributed by atoms with E-state index in [2.05, 4.69) is 20.9 Å². The lowest BCUT2D eigenvalue weighted by Crippen LogP contribution is -2.19. The van der Waals surface area contributed by atoms with E-state index in [-0.39, 0.29) is 5.75 Å². The molecule has 162 valence electrons. The van der Waals surface area contributed by atoms with E-state index in [0.717, 1.165) is 64.8 Å². The van der Waals surface area contributed by atoms with E-state index in [1.54, 1.807) is 6.07 Å². The smallest absolute Gasteiger partial charge is 0.152 e. The summed E-state index contributed by atoms with van der Waals surface area (Å²) in [7, 11) is 1.00. The van der Waals surface area contributed by atoms with Crippen molar-refractivity contribution in [3.8, 4) is 11.4 Å². The van der Waals surface area contributed by atoms with Gasteiger partial charge in [0.15, 0.2) is 5.65 Å². The maximum absolute atomic E-state index is 10.4. The van der Waals surface area contributed by atoms with Crippen LogP contribution >= 0.6 is 0 Å². The minimum absolute atomic E-state index is 0.244. The number of pyridine rings is 1. The first kappa shape index (κ1) is 20.9. The van der Waals surface area contributed by atoms with E-state index >= 15 is 0 Å². The van der Waals surface area contributed by atoms with Crippen molar-refractivity contribution in [1.82, 2.24) is 19.5 Å². The highest BCUT2D eigenvalue weighted by Crippen LogP contribution is 2.38. The lowest BCUT2D eigenvalue weighted by Gasteiger charge is -2.20. The van der Waals surface area contributed by atoms with Gasteiger partial charge in [-0.05, 0) is 51.3 Å². The van der Waals surface area contributed by atoms with E-state index in [0.29, 0.717) is 11.5 Å². The molecule has 3 aromatic heterocycles. The number of hydrogen-bond donors (Lipinski definition) is 3. The van der Waals surface area contributed by atoms with Crippen LogP contribution in [0.3, 0.4) is 0 Å². The van der Waals surface area contributed by atoms with Gasteiger partial charge in [0, 0.05) is 31.1 Å². The molecule has 1 saturated heterocycles. The topological polar surface area (TPSA) is 113 Å². The van der Waals surface area contributed by atoms with Gasteiger partial charge in [-0.2, -0.15) is 0 Å². The van der Waals surface area contributed by atoms with Crippen LogP contribution < -0.4 is 10.6 Å². The Morgan fingerprint density at radius 2 is 1.71 bits per heavy atom. The van der Waals surface area contributed by atoms with Gasteiger partial charge in [0.1, 0.15) is 23.5 Å². The second-order valence-corrected chi connectivity index (χ2v) is 7.83. The first-order chi connectivity index (χ1) is 15.0. The molecule has 8 nitrogen and oxygen atoms in total. The first-order valence-corrected chi connectivity index (χ1v) is 10.4. The zero-order chi connectivity index (χ0) is 22.3. The number of hydrogen-bond acceptors (Lipinski definition) is 7. The molecule has 1 aliphatic rings. The number of aliphatic hydroxyl groups is 1. The molecule has 4 heterocycles. The Morgan fingerprint density at radius 1 is 1.00 bits per heavy atom. The zero-order valence-electron chi connectivity index (χ0n) is 18.3. The summed E-state index contributed by atoms with van der Waals surface area (Å²) in [5.41, 5.74) is 12.6. The third-order valence-corrected chi connectivity index (χ3v) is 5.99. The molecule has 0 aliphatic carbocycles. The Balaban J connectivity index is 0.00000112. The van der Waals surface area contributed by atoms with Crippen molar-refractivity contribution in [1.29, 1.82) is 0 Å². The Hall–Kier alpha value is -3.39. The highest BCUT2D eigenvalue weighted by molar-refractivity contribution is 6.12. The van der Waals surface area contributed by atoms with Crippen LogP contribution in [0.5, 0.6) is 5.75 Å². The van der Waals surface area contributed by atoms with Crippen molar-refractivity contribution in [3.63, 3.8) is 0 Å². The van der Waals surface area contributed by atoms with Crippen LogP contribution in [-0.4, -0.2) is 49.9 Å². The third-order valence-electron chi connectivity index (χ3n) is 5.99. The van der Waals surface area contributed by atoms with Crippen molar-refractivity contribution >= 4 is 33.6 Å². The second kappa shape index (κ2) is 8.03. The Kier molecular flexibility index (Phi) is 5.41. The Bertz CT molecular complexity index is 1270. The minimum Gasteiger partial charge on any atom is -0.508 e. The maximum Gasteiger partial charge on any atom is 0.152 e. The van der Waals surface area contributed by atoms with E-state index in [1.807, 2.05) is 31.4 Å². The number of rotatable bonds is 2. The molecule has 5 rings (SSSR count). The molecule has 1 aromatic carbocycles. The summed E-state index contributed by atoms with van der Waals surface area (Å²) in [5, 5.41) is 19.1. The molecule has 31 heavy (non-hydrogen) atoms. The van der Waals surface area contributed by atoms with Gasteiger partial charge in [-0.15, -0.1) is 0 Å². The van der Waals surface area contributed by atoms with Crippen LogP contribution in [0.15, 0.2) is 24.5 Å². The molecule has 0 bridgehead atoms. The summed E-state index contributed by atoms with van der Waals surface area (Å²) in [4.78, 5) is 16.2. The molecule has 0 unspecified atom stereocenters. The summed E-state index contributed by atoms with van der Waals surface area (Å²) in [5.74, 6) is 0.681. The van der Waals surface area contributed by atoms with Crippen LogP contribution in [0.25, 0.3) is 27.8 Å². The zero-order valence-corrected chi connectivity index (χ0v) is 18.3. The molecule has 1 fully saturated rings. The number of benzene rings is 1. The number of phenols is 1. The molecule has 4 N–H and O–H groups in total. The summed E-state index contributed by atoms with van der Waals surface area (Å²) in [6.45, 7) is 8.07. The van der Waals surface area contributed by atoms with Crippen LogP contribution in [0.2, 0.25) is 0 Å². The average Bonchev–Trinajstić information content (AvgIpc) is 3.40. The number of nitrogens with two attached hydrogens (primary N) is 1. The number of phenolic OH excluding ortho intramolecular Hbond substituents is 1. The monoisotopic (exact) mass is 420 g/mol. The molecule has 8 heteroatoms. The fourth-order valence-corrected chi connectivity index (χ4v) is 4.51. The Morgan fingerprint density at radius 3 is 2.42 bits per heavy atom. The predicted molar refractivity (Wildman–Crippen MR) is 124 cm³/mol. The second-order valence-electron chi connectivity index (χ2n) is 7.83. The van der Waals surface area contributed by atoms with Crippen LogP contribution in [0.4, 0.5) is 11.5 Å². The van der Waals surface area contributed by atoms with Gasteiger partial charge in [-0.1, -0.05) is 6.07 Å². The maximum atomic E-state index is 10.4. The molecule has 0 amide bonds. The standard InChI is InChI=1S/C22H24N6O.CH4O/c1-12-6-7-17(29)13(2)19(12)28-21-15(18-20(23)24-11-25-22(18)28)10-16(14(3)26-21)27-8-4-5-9-27;1-2/h6-7,10-11,29H,4-5,8-9H2,1-3H3,(H2,23,24,25);2H,1H3. The normalized spacial score (nSPS) is 13.6. The van der Waals surface area contributed by atoms with Crippen molar-refractivity contribution in [2.45, 2.75) is 33.6 Å². The van der Waals surface area contributed by atoms with E-state index in [4.69, 9.17) is 15.8 Å². The summed E-state index contributed by atoms with van der Waals surface area (Å²) in [6.07, 6.45) is 3.88. The fourth-order valence-electron chi connectivity index (χ4n) is 4.51. The van der Waals surface area contributed by atoms with Crippen molar-refractivity contribution in [2.75, 3.05) is 30.8 Å². The van der Waals surface area contributed by atoms with E-state index in [9.17, 15) is 5.11 Å². The van der Waals surface area contributed by atoms with E-state index in [1.165, 1.54) is 19.2 Å². The van der Waals surface area contributed by atoms with Crippen molar-refractivity contribution < 1.29 is 10.2 Å². The molecular weight excluding hydrogens is 392 g/mol. The van der Waals surface area contributed by atoms with Crippen LogP contribution in [0.1, 0.15) is 29.7 Å². The summed E-state index contributed by atoms with van der Waals surface area (Å²) >= 11 is 0. The van der Waals surface area contributed by atoms with Gasteiger partial charge in [0.2, 0.25) is 0 Å². The van der Waals surface area contributed by atoms with Crippen LogP contribution in [0, 0.1) is 20.8 Å². The quantitative estimate of drug-likeness (QED) is 0.455. The molecule has 0 saturated carbocycles. The van der Waals surface area contributed by atoms with Gasteiger partial charge in [0.05, 0.1) is 22.5 Å². The SMILES string of the molecule is CO.Cc1ccc(O)c(C)c1-n1c2nc(C)c(N3CCCC3)cc2c2c(N)ncnc21. The summed E-state index contributed by atoms with van der Waals surface area (Å²) in [6, 6.07) is 5.80. The molecule has 0 atom stereocenters. The number of aromatic hydroxyl groups is 1. The number of anilines is 2. The highest BCUT2D eigenvalue weighted by Gasteiger charge is 2.23. The summed E-state index contributed by atoms with van der Waals surface area (Å²) < 4.78 is 2.01. The van der Waals surface area contributed by atoms with Gasteiger partial charge < -0.3 is 20.8 Å². The lowest BCUT2D eigenvalue weighted by molar-refractivity contribution is 0.399. The molecule has 1 aliphatic heterocycles. The number of fused-ring (bicyclic) bond motifs is 3. The molecular formula is C23H28N6O2. The fraction of sp³-hybridized carbons (Fsp3) is 0.348. The van der Waals surface area contributed by atoms with Gasteiger partial charge in [-0.3, -0.25) is 4.57 Å². The van der Waals surface area contributed by atoms with Gasteiger partial charge in [0.25, 0.3) is 0 Å². The molecule has 4 aromatic rings. The first-order valence-electron chi connectivity index (χ1n) is 10.4.